The zero-order valence-corrected chi connectivity index (χ0v) is 7.49. The Morgan fingerprint density at radius 2 is 1.50 bits per heavy atom. The molecule has 0 atom stereocenters. The van der Waals surface area contributed by atoms with Gasteiger partial charge in [0.1, 0.15) is 0 Å². The van der Waals surface area contributed by atoms with Gasteiger partial charge in [-0.3, -0.25) is 6.58 Å². The average Bonchev–Trinajstić information content (AvgIpc) is 2.05. The fourth-order valence-corrected chi connectivity index (χ4v) is 0.743. The van der Waals surface area contributed by atoms with E-state index in [-0.39, 0.29) is 22.5 Å². The van der Waals surface area contributed by atoms with Gasteiger partial charge >= 0.3 is 17.1 Å². The fraction of sp³-hybridized carbons (Fsp3) is 0. The number of rotatable bonds is 2. The van der Waals surface area contributed by atoms with Crippen molar-refractivity contribution in [3.05, 3.63) is 48.6 Å². The second kappa shape index (κ2) is 6.86. The smallest absolute Gasteiger partial charge is 0.412 e. The van der Waals surface area contributed by atoms with E-state index in [0.29, 0.717) is 0 Å². The first-order valence-electron chi connectivity index (χ1n) is 3.14. The van der Waals surface area contributed by atoms with Gasteiger partial charge in [0.25, 0.3) is 0 Å². The molecule has 12 heavy (non-hydrogen) atoms. The van der Waals surface area contributed by atoms with Crippen molar-refractivity contribution in [2.24, 2.45) is 0 Å². The summed E-state index contributed by atoms with van der Waals surface area (Å²) in [5.74, 6) is 0. The molecule has 0 spiro atoms. The summed E-state index contributed by atoms with van der Waals surface area (Å²) in [6, 6.07) is 7.87. The van der Waals surface area contributed by atoms with E-state index in [1.54, 1.807) is 12.2 Å². The molecule has 1 nitrogen and oxygen atoms in total. The van der Waals surface area contributed by atoms with Gasteiger partial charge in [-0.25, -0.2) is 6.08 Å². The normalized spacial score (nSPS) is 7.33. The molecule has 0 fully saturated rings. The summed E-state index contributed by atoms with van der Waals surface area (Å²) in [4.78, 5) is 0. The minimum absolute atomic E-state index is 0. The topological polar surface area (TPSA) is 31.5 Å². The van der Waals surface area contributed by atoms with Crippen molar-refractivity contribution in [3.8, 4) is 0 Å². The number of hydrogen-bond acceptors (Lipinski definition) is 0. The molecule has 0 heterocycles. The van der Waals surface area contributed by atoms with Crippen LogP contribution in [0.25, 0.3) is 12.2 Å². The summed E-state index contributed by atoms with van der Waals surface area (Å²) in [5.41, 5.74) is 2.15. The second-order valence-electron chi connectivity index (χ2n) is 2.04. The molecule has 0 aliphatic rings. The molecule has 0 amide bonds. The Balaban J connectivity index is 0. The van der Waals surface area contributed by atoms with Crippen molar-refractivity contribution in [2.75, 3.05) is 0 Å². The van der Waals surface area contributed by atoms with Crippen LogP contribution in [0.3, 0.4) is 0 Å². The van der Waals surface area contributed by atoms with Crippen LogP contribution in [0.15, 0.2) is 30.8 Å². The maximum Gasteiger partial charge on any atom is 1.00 e. The van der Waals surface area contributed by atoms with Crippen LogP contribution in [0, 0.1) is 6.58 Å². The van der Waals surface area contributed by atoms with Crippen molar-refractivity contribution < 1.29 is 22.5 Å². The van der Waals surface area contributed by atoms with Gasteiger partial charge < -0.3 is 5.48 Å². The van der Waals surface area contributed by atoms with Gasteiger partial charge in [0.2, 0.25) is 0 Å². The summed E-state index contributed by atoms with van der Waals surface area (Å²) in [7, 11) is 0. The van der Waals surface area contributed by atoms with Crippen LogP contribution in [0.1, 0.15) is 11.1 Å². The van der Waals surface area contributed by atoms with E-state index in [0.717, 1.165) is 11.1 Å². The molecule has 0 saturated carbocycles. The van der Waals surface area contributed by atoms with E-state index in [2.05, 4.69) is 6.58 Å². The van der Waals surface area contributed by atoms with E-state index in [4.69, 9.17) is 6.58 Å². The zero-order chi connectivity index (χ0) is 7.40. The quantitative estimate of drug-likeness (QED) is 0.528. The molecule has 0 saturated heterocycles. The van der Waals surface area contributed by atoms with E-state index in [1.807, 2.05) is 24.3 Å². The average molecular weight is 211 g/mol. The van der Waals surface area contributed by atoms with Gasteiger partial charge in [-0.15, -0.1) is 12.1 Å². The minimum Gasteiger partial charge on any atom is -0.412 e. The first-order valence-corrected chi connectivity index (χ1v) is 3.14. The summed E-state index contributed by atoms with van der Waals surface area (Å²) in [5, 5.41) is 0. The van der Waals surface area contributed by atoms with Crippen LogP contribution in [0.4, 0.5) is 0 Å². The van der Waals surface area contributed by atoms with Crippen molar-refractivity contribution in [3.63, 3.8) is 0 Å². The van der Waals surface area contributed by atoms with Crippen LogP contribution in [0.2, 0.25) is 0 Å². The van der Waals surface area contributed by atoms with Gasteiger partial charge in [-0.1, -0.05) is 24.8 Å². The molecule has 2 N–H and O–H groups in total. The molecule has 0 aliphatic heterocycles. The molecule has 2 heteroatoms. The predicted octanol–water partition coefficient (Wildman–Crippen LogP) is 1.95. The molecule has 0 unspecified atom stereocenters. The van der Waals surface area contributed by atoms with E-state index >= 15 is 0 Å². The van der Waals surface area contributed by atoms with Crippen LogP contribution >= 0.6 is 0 Å². The van der Waals surface area contributed by atoms with Crippen molar-refractivity contribution >= 4 is 12.2 Å². The third kappa shape index (κ3) is 3.54. The monoisotopic (exact) mass is 210 g/mol. The SMILES string of the molecule is O.[CH-]=Cc1ccc(C=C)cc1.[Cu+]. The van der Waals surface area contributed by atoms with Gasteiger partial charge in [0.05, 0.1) is 0 Å². The van der Waals surface area contributed by atoms with Crippen molar-refractivity contribution in [1.29, 1.82) is 0 Å². The van der Waals surface area contributed by atoms with Crippen molar-refractivity contribution in [2.45, 2.75) is 0 Å². The molecule has 0 aromatic heterocycles. The Bertz CT molecular complexity index is 212. The van der Waals surface area contributed by atoms with Crippen LogP contribution in [-0.2, 0) is 17.1 Å². The van der Waals surface area contributed by atoms with E-state index < -0.39 is 0 Å². The molecule has 0 bridgehead atoms. The molecule has 0 radical (unpaired) electrons. The maximum atomic E-state index is 5.29. The zero-order valence-electron chi connectivity index (χ0n) is 6.55. The second-order valence-corrected chi connectivity index (χ2v) is 2.04. The summed E-state index contributed by atoms with van der Waals surface area (Å²) < 4.78 is 0. The Hall–Kier alpha value is -0.821. The Labute approximate surface area is 83.6 Å². The molecule has 0 aliphatic carbocycles. The van der Waals surface area contributed by atoms with Crippen molar-refractivity contribution in [1.82, 2.24) is 0 Å². The van der Waals surface area contributed by atoms with Crippen LogP contribution in [-0.4, -0.2) is 5.48 Å². The van der Waals surface area contributed by atoms with E-state index in [1.165, 1.54) is 0 Å². The first-order chi connectivity index (χ1) is 4.86. The Morgan fingerprint density at radius 3 is 1.83 bits per heavy atom. The third-order valence-electron chi connectivity index (χ3n) is 1.36. The summed E-state index contributed by atoms with van der Waals surface area (Å²) in [6.07, 6.45) is 3.38. The molecular formula is C10H11CuO. The maximum absolute atomic E-state index is 5.29. The van der Waals surface area contributed by atoms with E-state index in [9.17, 15) is 0 Å². The van der Waals surface area contributed by atoms with Gasteiger partial charge in [0, 0.05) is 0 Å². The molecule has 1 aromatic rings. The Morgan fingerprint density at radius 1 is 1.08 bits per heavy atom. The van der Waals surface area contributed by atoms with Crippen LogP contribution < -0.4 is 0 Å². The predicted molar refractivity (Wildman–Crippen MR) is 48.9 cm³/mol. The molecule has 68 valence electrons. The molecule has 1 aromatic carbocycles. The third-order valence-corrected chi connectivity index (χ3v) is 1.36. The summed E-state index contributed by atoms with van der Waals surface area (Å²) >= 11 is 0. The summed E-state index contributed by atoms with van der Waals surface area (Å²) in [6.45, 7) is 8.94. The fourth-order valence-electron chi connectivity index (χ4n) is 0.743. The van der Waals surface area contributed by atoms with Gasteiger partial charge in [-0.2, -0.15) is 5.56 Å². The largest absolute Gasteiger partial charge is 1.00 e. The minimum atomic E-state index is 0. The Kier molecular flexibility index (Phi) is 7.86. The van der Waals surface area contributed by atoms with Gasteiger partial charge in [0.15, 0.2) is 0 Å². The first kappa shape index (κ1) is 13.7. The molecular weight excluding hydrogens is 200 g/mol. The standard InChI is InChI=1S/C10H9.Cu.H2O/c1-3-9-5-7-10(4-2)8-6-9;;/h1,3-8H,2H2;;1H2/q-1;+1;. The van der Waals surface area contributed by atoms with Crippen LogP contribution in [0.5, 0.6) is 0 Å². The molecule has 1 rings (SSSR count). The van der Waals surface area contributed by atoms with Gasteiger partial charge in [-0.05, 0) is 5.56 Å². The number of benzene rings is 1. The number of hydrogen-bond donors (Lipinski definition) is 0.